The summed E-state index contributed by atoms with van der Waals surface area (Å²) in [6.07, 6.45) is 20.6. The predicted molar refractivity (Wildman–Crippen MR) is 136 cm³/mol. The quantitative estimate of drug-likeness (QED) is 0.118. The number of allylic oxidation sites excluding steroid dienone is 2. The topological polar surface area (TPSA) is 52.3 Å². The van der Waals surface area contributed by atoms with Gasteiger partial charge in [-0.25, -0.2) is 0 Å². The van der Waals surface area contributed by atoms with Crippen molar-refractivity contribution in [3.63, 3.8) is 0 Å². The second kappa shape index (κ2) is 18.7. The van der Waals surface area contributed by atoms with E-state index in [1.165, 1.54) is 56.9 Å². The molecule has 0 aliphatic carbocycles. The average Bonchev–Trinajstić information content (AvgIpc) is 2.68. The first-order valence-electron chi connectivity index (χ1n) is 13.3. The maximum absolute atomic E-state index is 12.2. The molecule has 0 spiro atoms. The Bertz CT molecular complexity index is 468. The number of ether oxygens (including phenoxy) is 1. The SMILES string of the molecule is CCCCCCCCC(CCC)OC(=O)CCCCCC/C=C(/C)C(C)(C)CC(C)N. The van der Waals surface area contributed by atoms with Gasteiger partial charge in [0.1, 0.15) is 6.10 Å². The fourth-order valence-electron chi connectivity index (χ4n) is 4.31. The molecule has 3 nitrogen and oxygen atoms in total. The van der Waals surface area contributed by atoms with Crippen molar-refractivity contribution in [2.45, 2.75) is 156 Å². The summed E-state index contributed by atoms with van der Waals surface area (Å²) >= 11 is 0. The minimum Gasteiger partial charge on any atom is -0.462 e. The maximum atomic E-state index is 12.2. The molecule has 0 heterocycles. The molecule has 0 aliphatic heterocycles. The van der Waals surface area contributed by atoms with E-state index >= 15 is 0 Å². The molecule has 0 saturated carbocycles. The summed E-state index contributed by atoms with van der Waals surface area (Å²) < 4.78 is 5.79. The molecule has 0 rings (SSSR count). The van der Waals surface area contributed by atoms with E-state index < -0.39 is 0 Å². The van der Waals surface area contributed by atoms with Gasteiger partial charge in [0, 0.05) is 12.5 Å². The molecule has 0 aromatic rings. The summed E-state index contributed by atoms with van der Waals surface area (Å²) in [4.78, 5) is 12.2. The summed E-state index contributed by atoms with van der Waals surface area (Å²) in [5.74, 6) is 0.0119. The summed E-state index contributed by atoms with van der Waals surface area (Å²) in [6.45, 7) is 13.3. The molecule has 2 N–H and O–H groups in total. The third-order valence-corrected chi connectivity index (χ3v) is 6.47. The van der Waals surface area contributed by atoms with Crippen LogP contribution in [0.4, 0.5) is 0 Å². The van der Waals surface area contributed by atoms with Crippen molar-refractivity contribution in [1.29, 1.82) is 0 Å². The number of esters is 1. The number of hydrogen-bond acceptors (Lipinski definition) is 3. The molecular formula is C28H55NO2. The van der Waals surface area contributed by atoms with Gasteiger partial charge in [0.25, 0.3) is 0 Å². The highest BCUT2D eigenvalue weighted by molar-refractivity contribution is 5.69. The summed E-state index contributed by atoms with van der Waals surface area (Å²) in [7, 11) is 0. The van der Waals surface area contributed by atoms with Crippen LogP contribution >= 0.6 is 0 Å². The van der Waals surface area contributed by atoms with E-state index in [0.717, 1.165) is 44.9 Å². The fraction of sp³-hybridized carbons (Fsp3) is 0.893. The lowest BCUT2D eigenvalue weighted by Crippen LogP contribution is -2.25. The molecule has 31 heavy (non-hydrogen) atoms. The Morgan fingerprint density at radius 2 is 1.52 bits per heavy atom. The van der Waals surface area contributed by atoms with Gasteiger partial charge in [-0.05, 0) is 64.2 Å². The third kappa shape index (κ3) is 17.4. The second-order valence-electron chi connectivity index (χ2n) is 10.4. The van der Waals surface area contributed by atoms with Gasteiger partial charge >= 0.3 is 5.97 Å². The average molecular weight is 438 g/mol. The number of carbonyl (C=O) groups excluding carboxylic acids is 1. The minimum absolute atomic E-state index is 0.0119. The molecule has 184 valence electrons. The number of unbranched alkanes of at least 4 members (excludes halogenated alkanes) is 9. The third-order valence-electron chi connectivity index (χ3n) is 6.47. The van der Waals surface area contributed by atoms with Crippen LogP contribution in [0.15, 0.2) is 11.6 Å². The molecule has 0 amide bonds. The van der Waals surface area contributed by atoms with Crippen LogP contribution in [0, 0.1) is 5.41 Å². The highest BCUT2D eigenvalue weighted by Gasteiger charge is 2.21. The number of nitrogens with two attached hydrogens (primary N) is 1. The van der Waals surface area contributed by atoms with Crippen LogP contribution in [0.5, 0.6) is 0 Å². The molecular weight excluding hydrogens is 382 g/mol. The minimum atomic E-state index is 0.0119. The van der Waals surface area contributed by atoms with Crippen LogP contribution in [0.2, 0.25) is 0 Å². The Labute approximate surface area is 195 Å². The maximum Gasteiger partial charge on any atom is 0.306 e. The van der Waals surface area contributed by atoms with Gasteiger partial charge < -0.3 is 10.5 Å². The van der Waals surface area contributed by atoms with Gasteiger partial charge in [-0.15, -0.1) is 0 Å². The van der Waals surface area contributed by atoms with E-state index in [2.05, 4.69) is 47.6 Å². The Hall–Kier alpha value is -0.830. The van der Waals surface area contributed by atoms with Gasteiger partial charge in [-0.1, -0.05) is 90.7 Å². The Morgan fingerprint density at radius 1 is 0.903 bits per heavy atom. The first-order valence-corrected chi connectivity index (χ1v) is 13.3. The summed E-state index contributed by atoms with van der Waals surface area (Å²) in [5, 5.41) is 0. The van der Waals surface area contributed by atoms with Crippen LogP contribution in [-0.2, 0) is 9.53 Å². The Morgan fingerprint density at radius 3 is 2.16 bits per heavy atom. The molecule has 2 atom stereocenters. The van der Waals surface area contributed by atoms with Crippen LogP contribution < -0.4 is 5.73 Å². The first-order chi connectivity index (χ1) is 14.7. The lowest BCUT2D eigenvalue weighted by molar-refractivity contribution is -0.150. The van der Waals surface area contributed by atoms with Crippen LogP contribution in [0.25, 0.3) is 0 Å². The van der Waals surface area contributed by atoms with E-state index in [1.54, 1.807) is 0 Å². The fourth-order valence-corrected chi connectivity index (χ4v) is 4.31. The largest absolute Gasteiger partial charge is 0.462 e. The second-order valence-corrected chi connectivity index (χ2v) is 10.4. The van der Waals surface area contributed by atoms with E-state index in [-0.39, 0.29) is 23.5 Å². The van der Waals surface area contributed by atoms with Crippen LogP contribution in [0.1, 0.15) is 144 Å². The number of carbonyl (C=O) groups is 1. The molecule has 3 heteroatoms. The molecule has 0 aromatic heterocycles. The summed E-state index contributed by atoms with van der Waals surface area (Å²) in [5.41, 5.74) is 7.61. The molecule has 2 unspecified atom stereocenters. The van der Waals surface area contributed by atoms with E-state index in [1.807, 2.05) is 0 Å². The van der Waals surface area contributed by atoms with E-state index in [9.17, 15) is 4.79 Å². The van der Waals surface area contributed by atoms with Crippen LogP contribution in [-0.4, -0.2) is 18.1 Å². The monoisotopic (exact) mass is 437 g/mol. The lowest BCUT2D eigenvalue weighted by atomic mass is 9.79. The number of hydrogen-bond donors (Lipinski definition) is 1. The highest BCUT2D eigenvalue weighted by atomic mass is 16.5. The Kier molecular flexibility index (Phi) is 18.2. The molecule has 0 aliphatic rings. The van der Waals surface area contributed by atoms with Crippen molar-refractivity contribution in [2.24, 2.45) is 11.1 Å². The zero-order chi connectivity index (χ0) is 23.5. The van der Waals surface area contributed by atoms with Crippen molar-refractivity contribution in [3.05, 3.63) is 11.6 Å². The van der Waals surface area contributed by atoms with Crippen molar-refractivity contribution >= 4 is 5.97 Å². The van der Waals surface area contributed by atoms with E-state index in [4.69, 9.17) is 10.5 Å². The van der Waals surface area contributed by atoms with Gasteiger partial charge in [0.05, 0.1) is 0 Å². The van der Waals surface area contributed by atoms with Crippen molar-refractivity contribution < 1.29 is 9.53 Å². The standard InChI is InChI=1S/C28H55NO2/c1-7-9-10-11-14-17-21-26(19-8-2)31-27(30)22-18-15-12-13-16-20-24(3)28(5,6)23-25(4)29/h20,25-26H,7-19,21-23,29H2,1-6H3/b24-20-. The zero-order valence-electron chi connectivity index (χ0n) is 21.9. The smallest absolute Gasteiger partial charge is 0.306 e. The zero-order valence-corrected chi connectivity index (χ0v) is 21.9. The van der Waals surface area contributed by atoms with Crippen molar-refractivity contribution in [2.75, 3.05) is 0 Å². The van der Waals surface area contributed by atoms with Gasteiger partial charge in [0.15, 0.2) is 0 Å². The highest BCUT2D eigenvalue weighted by Crippen LogP contribution is 2.31. The van der Waals surface area contributed by atoms with Gasteiger partial charge in [-0.2, -0.15) is 0 Å². The van der Waals surface area contributed by atoms with E-state index in [0.29, 0.717) is 6.42 Å². The molecule has 0 fully saturated rings. The molecule has 0 aromatic carbocycles. The molecule has 0 bridgehead atoms. The van der Waals surface area contributed by atoms with Crippen LogP contribution in [0.3, 0.4) is 0 Å². The lowest BCUT2D eigenvalue weighted by Gasteiger charge is -2.28. The normalized spacial score (nSPS) is 14.5. The Balaban J connectivity index is 3.94. The first kappa shape index (κ1) is 30.2. The van der Waals surface area contributed by atoms with Crippen molar-refractivity contribution in [3.8, 4) is 0 Å². The molecule has 0 saturated heterocycles. The molecule has 0 radical (unpaired) electrons. The predicted octanol–water partition coefficient (Wildman–Crippen LogP) is 8.50. The summed E-state index contributed by atoms with van der Waals surface area (Å²) in [6, 6.07) is 0.237. The number of rotatable bonds is 20. The van der Waals surface area contributed by atoms with Gasteiger partial charge in [-0.3, -0.25) is 4.79 Å². The van der Waals surface area contributed by atoms with Crippen molar-refractivity contribution in [1.82, 2.24) is 0 Å². The van der Waals surface area contributed by atoms with Gasteiger partial charge in [0.2, 0.25) is 0 Å².